The molecule has 1 aromatic carbocycles. The Morgan fingerprint density at radius 1 is 1.50 bits per heavy atom. The molecule has 1 atom stereocenters. The molecule has 6 heteroatoms. The first-order valence-corrected chi connectivity index (χ1v) is 5.55. The number of nitro benzene ring substituents is 1. The van der Waals surface area contributed by atoms with Crippen molar-refractivity contribution in [1.29, 1.82) is 0 Å². The van der Waals surface area contributed by atoms with Crippen molar-refractivity contribution in [2.45, 2.75) is 19.9 Å². The number of nitro groups is 1. The fourth-order valence-corrected chi connectivity index (χ4v) is 1.87. The lowest BCUT2D eigenvalue weighted by Gasteiger charge is -2.07. The lowest BCUT2D eigenvalue weighted by Crippen LogP contribution is -2.07. The van der Waals surface area contributed by atoms with Crippen LogP contribution in [0.25, 0.3) is 5.69 Å². The molecule has 6 nitrogen and oxygen atoms in total. The predicted octanol–water partition coefficient (Wildman–Crippen LogP) is 2.11. The van der Waals surface area contributed by atoms with Crippen LogP contribution in [-0.4, -0.2) is 14.7 Å². The summed E-state index contributed by atoms with van der Waals surface area (Å²) in [4.78, 5) is 10.3. The molecule has 0 saturated carbocycles. The fourth-order valence-electron chi connectivity index (χ4n) is 1.87. The van der Waals surface area contributed by atoms with Crippen LogP contribution in [0.4, 0.5) is 5.69 Å². The second kappa shape index (κ2) is 4.58. The number of hydrogen-bond donors (Lipinski definition) is 1. The van der Waals surface area contributed by atoms with Crippen molar-refractivity contribution in [2.75, 3.05) is 0 Å². The molecule has 0 aliphatic carbocycles. The highest BCUT2D eigenvalue weighted by Crippen LogP contribution is 2.21. The van der Waals surface area contributed by atoms with Gasteiger partial charge in [0.2, 0.25) is 0 Å². The molecule has 2 aromatic rings. The van der Waals surface area contributed by atoms with Crippen molar-refractivity contribution in [1.82, 2.24) is 9.78 Å². The zero-order chi connectivity index (χ0) is 13.3. The van der Waals surface area contributed by atoms with Crippen LogP contribution in [0, 0.1) is 17.0 Å². The molecule has 0 amide bonds. The van der Waals surface area contributed by atoms with Crippen LogP contribution in [0.3, 0.4) is 0 Å². The van der Waals surface area contributed by atoms with Gasteiger partial charge < -0.3 is 5.73 Å². The maximum Gasteiger partial charge on any atom is 0.271 e. The highest BCUT2D eigenvalue weighted by Gasteiger charge is 2.13. The van der Waals surface area contributed by atoms with Crippen LogP contribution < -0.4 is 5.73 Å². The third-order valence-corrected chi connectivity index (χ3v) is 2.82. The number of nitrogens with two attached hydrogens (primary N) is 1. The normalized spacial score (nSPS) is 12.4. The van der Waals surface area contributed by atoms with Gasteiger partial charge in [0, 0.05) is 29.4 Å². The molecule has 0 bridgehead atoms. The Kier molecular flexibility index (Phi) is 3.12. The second-order valence-electron chi connectivity index (χ2n) is 4.16. The Morgan fingerprint density at radius 3 is 2.78 bits per heavy atom. The average Bonchev–Trinajstić information content (AvgIpc) is 2.71. The molecule has 94 valence electrons. The van der Waals surface area contributed by atoms with E-state index in [0.717, 1.165) is 11.3 Å². The third-order valence-electron chi connectivity index (χ3n) is 2.82. The first-order valence-electron chi connectivity index (χ1n) is 5.55. The van der Waals surface area contributed by atoms with E-state index in [1.807, 2.05) is 13.8 Å². The molecule has 0 saturated heterocycles. The third kappa shape index (κ3) is 2.10. The fraction of sp³-hybridized carbons (Fsp3) is 0.250. The first kappa shape index (κ1) is 12.3. The van der Waals surface area contributed by atoms with E-state index in [4.69, 9.17) is 5.73 Å². The summed E-state index contributed by atoms with van der Waals surface area (Å²) in [5.74, 6) is 0. The van der Waals surface area contributed by atoms with Gasteiger partial charge in [-0.25, -0.2) is 4.68 Å². The summed E-state index contributed by atoms with van der Waals surface area (Å²) in [5.41, 5.74) is 8.36. The highest BCUT2D eigenvalue weighted by atomic mass is 16.6. The summed E-state index contributed by atoms with van der Waals surface area (Å²) in [7, 11) is 0. The number of non-ortho nitro benzene ring substituents is 1. The number of aromatic nitrogens is 2. The topological polar surface area (TPSA) is 87.0 Å². The molecule has 2 rings (SSSR count). The number of benzene rings is 1. The minimum Gasteiger partial charge on any atom is -0.324 e. The maximum absolute atomic E-state index is 10.7. The summed E-state index contributed by atoms with van der Waals surface area (Å²) < 4.78 is 1.66. The van der Waals surface area contributed by atoms with Crippen LogP contribution >= 0.6 is 0 Å². The van der Waals surface area contributed by atoms with E-state index < -0.39 is 4.92 Å². The summed E-state index contributed by atoms with van der Waals surface area (Å²) >= 11 is 0. The summed E-state index contributed by atoms with van der Waals surface area (Å²) in [6.07, 6.45) is 1.69. The summed E-state index contributed by atoms with van der Waals surface area (Å²) in [6, 6.07) is 6.25. The van der Waals surface area contributed by atoms with Crippen LogP contribution in [-0.2, 0) is 0 Å². The zero-order valence-corrected chi connectivity index (χ0v) is 10.2. The van der Waals surface area contributed by atoms with Gasteiger partial charge >= 0.3 is 0 Å². The Balaban J connectivity index is 2.49. The van der Waals surface area contributed by atoms with Gasteiger partial charge in [-0.2, -0.15) is 5.10 Å². The minimum atomic E-state index is -0.422. The van der Waals surface area contributed by atoms with E-state index in [0.29, 0.717) is 5.69 Å². The van der Waals surface area contributed by atoms with Crippen molar-refractivity contribution in [3.8, 4) is 5.69 Å². The first-order chi connectivity index (χ1) is 8.50. The van der Waals surface area contributed by atoms with Gasteiger partial charge in [0.1, 0.15) is 0 Å². The lowest BCUT2D eigenvalue weighted by molar-refractivity contribution is -0.384. The Bertz CT molecular complexity index is 590. The van der Waals surface area contributed by atoms with E-state index in [1.54, 1.807) is 23.0 Å². The van der Waals surface area contributed by atoms with Crippen LogP contribution in [0.15, 0.2) is 30.5 Å². The summed E-state index contributed by atoms with van der Waals surface area (Å²) in [6.45, 7) is 3.77. The van der Waals surface area contributed by atoms with Gasteiger partial charge in [-0.3, -0.25) is 10.1 Å². The molecule has 1 aromatic heterocycles. The molecule has 1 heterocycles. The van der Waals surface area contributed by atoms with Gasteiger partial charge in [-0.15, -0.1) is 0 Å². The van der Waals surface area contributed by atoms with Gasteiger partial charge in [0.15, 0.2) is 0 Å². The van der Waals surface area contributed by atoms with Crippen LogP contribution in [0.2, 0.25) is 0 Å². The number of rotatable bonds is 3. The van der Waals surface area contributed by atoms with E-state index in [1.165, 1.54) is 12.1 Å². The van der Waals surface area contributed by atoms with Crippen molar-refractivity contribution in [3.63, 3.8) is 0 Å². The smallest absolute Gasteiger partial charge is 0.271 e. The van der Waals surface area contributed by atoms with Crippen molar-refractivity contribution in [3.05, 3.63) is 51.8 Å². The number of nitrogens with zero attached hydrogens (tertiary/aromatic N) is 3. The van der Waals surface area contributed by atoms with Crippen molar-refractivity contribution < 1.29 is 4.92 Å². The standard InChI is InChI=1S/C12H14N4O2/c1-8(13)12-7-14-15(9(12)2)10-4-3-5-11(6-10)16(17)18/h3-8H,13H2,1-2H3. The molecule has 0 fully saturated rings. The minimum absolute atomic E-state index is 0.0461. The molecular formula is C12H14N4O2. The average molecular weight is 246 g/mol. The van der Waals surface area contributed by atoms with E-state index in [-0.39, 0.29) is 11.7 Å². The summed E-state index contributed by atoms with van der Waals surface area (Å²) in [5, 5.41) is 15.0. The zero-order valence-electron chi connectivity index (χ0n) is 10.2. The molecule has 1 unspecified atom stereocenters. The molecular weight excluding hydrogens is 232 g/mol. The molecule has 0 aliphatic rings. The molecule has 0 radical (unpaired) electrons. The van der Waals surface area contributed by atoms with E-state index >= 15 is 0 Å². The van der Waals surface area contributed by atoms with Crippen LogP contribution in [0.1, 0.15) is 24.2 Å². The van der Waals surface area contributed by atoms with Crippen LogP contribution in [0.5, 0.6) is 0 Å². The molecule has 2 N–H and O–H groups in total. The van der Waals surface area contributed by atoms with Gasteiger partial charge in [-0.1, -0.05) is 6.07 Å². The molecule has 18 heavy (non-hydrogen) atoms. The highest BCUT2D eigenvalue weighted by molar-refractivity contribution is 5.44. The van der Waals surface area contributed by atoms with E-state index in [9.17, 15) is 10.1 Å². The Hall–Kier alpha value is -2.21. The Morgan fingerprint density at radius 2 is 2.22 bits per heavy atom. The second-order valence-corrected chi connectivity index (χ2v) is 4.16. The monoisotopic (exact) mass is 246 g/mol. The van der Waals surface area contributed by atoms with Gasteiger partial charge in [-0.05, 0) is 19.9 Å². The van der Waals surface area contributed by atoms with Crippen molar-refractivity contribution >= 4 is 5.69 Å². The quantitative estimate of drug-likeness (QED) is 0.663. The van der Waals surface area contributed by atoms with Crippen molar-refractivity contribution in [2.24, 2.45) is 5.73 Å². The molecule has 0 spiro atoms. The van der Waals surface area contributed by atoms with Gasteiger partial charge in [0.25, 0.3) is 5.69 Å². The predicted molar refractivity (Wildman–Crippen MR) is 67.6 cm³/mol. The molecule has 0 aliphatic heterocycles. The number of hydrogen-bond acceptors (Lipinski definition) is 4. The lowest BCUT2D eigenvalue weighted by atomic mass is 10.1. The van der Waals surface area contributed by atoms with E-state index in [2.05, 4.69) is 5.10 Å². The maximum atomic E-state index is 10.7. The largest absolute Gasteiger partial charge is 0.324 e. The SMILES string of the molecule is Cc1c(C(C)N)cnn1-c1cccc([N+](=O)[O-])c1. The Labute approximate surface area is 104 Å². The van der Waals surface area contributed by atoms with Gasteiger partial charge in [0.05, 0.1) is 16.8 Å².